The number of hydrogen-bond acceptors (Lipinski definition) is 4. The highest BCUT2D eigenvalue weighted by molar-refractivity contribution is 6.80. The molecule has 0 radical (unpaired) electrons. The Morgan fingerprint density at radius 3 is 2.30 bits per heavy atom. The zero-order valence-corrected chi connectivity index (χ0v) is 13.2. The van der Waals surface area contributed by atoms with Crippen LogP contribution in [0.25, 0.3) is 0 Å². The van der Waals surface area contributed by atoms with Gasteiger partial charge in [0.1, 0.15) is 5.71 Å². The third-order valence-electron chi connectivity index (χ3n) is 3.19. The van der Waals surface area contributed by atoms with Crippen LogP contribution in [0.15, 0.2) is 35.4 Å². The molecule has 1 fully saturated rings. The van der Waals surface area contributed by atoms with E-state index in [4.69, 9.17) is 0 Å². The van der Waals surface area contributed by atoms with E-state index < -0.39 is 14.0 Å². The van der Waals surface area contributed by atoms with E-state index in [0.717, 1.165) is 12.1 Å². The van der Waals surface area contributed by atoms with Gasteiger partial charge in [-0.25, -0.2) is 0 Å². The molecule has 0 amide bonds. The topological polar surface area (TPSA) is 49.7 Å². The number of para-hydroxylation sites is 1. The van der Waals surface area contributed by atoms with Crippen LogP contribution in [0.3, 0.4) is 0 Å². The summed E-state index contributed by atoms with van der Waals surface area (Å²) in [7, 11) is -1.78. The fourth-order valence-electron chi connectivity index (χ4n) is 2.18. The number of anilines is 1. The number of hydrazone groups is 1. The van der Waals surface area contributed by atoms with Crippen molar-refractivity contribution in [2.24, 2.45) is 5.10 Å². The van der Waals surface area contributed by atoms with Crippen molar-refractivity contribution in [1.82, 2.24) is 0 Å². The molecule has 0 atom stereocenters. The average molecular weight is 288 g/mol. The summed E-state index contributed by atoms with van der Waals surface area (Å²) in [6.45, 7) is 6.50. The van der Waals surface area contributed by atoms with Crippen LogP contribution < -0.4 is 4.67 Å². The Morgan fingerprint density at radius 2 is 1.70 bits per heavy atom. The maximum atomic E-state index is 11.9. The molecule has 5 heteroatoms. The highest BCUT2D eigenvalue weighted by atomic mass is 28.3. The van der Waals surface area contributed by atoms with E-state index in [-0.39, 0.29) is 5.78 Å². The second-order valence-corrected chi connectivity index (χ2v) is 10.7. The molecule has 1 aliphatic rings. The lowest BCUT2D eigenvalue weighted by atomic mass is 9.96. The second-order valence-electron chi connectivity index (χ2n) is 5.97. The summed E-state index contributed by atoms with van der Waals surface area (Å²) in [5, 5.41) is 4.55. The molecule has 0 N–H and O–H groups in total. The number of nitrogens with zero attached hydrogens (tertiary/aromatic N) is 2. The summed E-state index contributed by atoms with van der Waals surface area (Å²) in [5.41, 5.74) is 1.39. The summed E-state index contributed by atoms with van der Waals surface area (Å²) < 4.78 is 1.96. The Hall–Kier alpha value is -1.75. The minimum absolute atomic E-state index is 0.307. The fourth-order valence-corrected chi connectivity index (χ4v) is 3.53. The standard InChI is InChI=1S/C15H20N2O2Si/c1-20(2,3)17(12-8-5-4-6-9-12)16-13-10-7-11-14(18)15(13)19/h4-6,8-9H,7,10-11H2,1-3H3. The first-order chi connectivity index (χ1) is 9.39. The van der Waals surface area contributed by atoms with Gasteiger partial charge in [0.2, 0.25) is 11.6 Å². The van der Waals surface area contributed by atoms with Crippen molar-refractivity contribution in [2.45, 2.75) is 38.9 Å². The number of carbonyl (C=O) groups is 2. The molecule has 0 saturated heterocycles. The van der Waals surface area contributed by atoms with Crippen LogP contribution in [0.2, 0.25) is 19.6 Å². The molecule has 2 rings (SSSR count). The van der Waals surface area contributed by atoms with Crippen LogP contribution in [-0.2, 0) is 9.59 Å². The zero-order valence-electron chi connectivity index (χ0n) is 12.2. The average Bonchev–Trinajstić information content (AvgIpc) is 2.40. The van der Waals surface area contributed by atoms with E-state index in [2.05, 4.69) is 24.7 Å². The van der Waals surface area contributed by atoms with E-state index in [9.17, 15) is 9.59 Å². The molecule has 1 aliphatic carbocycles. The quantitative estimate of drug-likeness (QED) is 0.488. The van der Waals surface area contributed by atoms with Gasteiger partial charge >= 0.3 is 0 Å². The van der Waals surface area contributed by atoms with Crippen molar-refractivity contribution in [3.8, 4) is 0 Å². The summed E-state index contributed by atoms with van der Waals surface area (Å²) in [4.78, 5) is 23.5. The van der Waals surface area contributed by atoms with Gasteiger partial charge in [0.25, 0.3) is 0 Å². The zero-order chi connectivity index (χ0) is 14.8. The molecule has 0 unspecified atom stereocenters. The monoisotopic (exact) mass is 288 g/mol. The lowest BCUT2D eigenvalue weighted by Gasteiger charge is -2.32. The van der Waals surface area contributed by atoms with Crippen LogP contribution in [-0.4, -0.2) is 25.5 Å². The number of benzene rings is 1. The maximum absolute atomic E-state index is 11.9. The van der Waals surface area contributed by atoms with E-state index in [1.807, 2.05) is 35.0 Å². The Labute approximate surface area is 120 Å². The van der Waals surface area contributed by atoms with Crippen LogP contribution >= 0.6 is 0 Å². The lowest BCUT2D eigenvalue weighted by Crippen LogP contribution is -2.44. The highest BCUT2D eigenvalue weighted by Gasteiger charge is 2.30. The van der Waals surface area contributed by atoms with Gasteiger partial charge in [-0.2, -0.15) is 5.10 Å². The highest BCUT2D eigenvalue weighted by Crippen LogP contribution is 2.23. The molecule has 1 saturated carbocycles. The third kappa shape index (κ3) is 3.22. The third-order valence-corrected chi connectivity index (χ3v) is 4.82. The molecule has 0 bridgehead atoms. The fraction of sp³-hybridized carbons (Fsp3) is 0.400. The van der Waals surface area contributed by atoms with Gasteiger partial charge in [0.05, 0.1) is 0 Å². The second kappa shape index (κ2) is 5.71. The first kappa shape index (κ1) is 14.7. The summed E-state index contributed by atoms with van der Waals surface area (Å²) in [6.07, 6.45) is 1.67. The SMILES string of the molecule is C[Si](C)(C)N(N=C1CCCC(=O)C1=O)c1ccccc1. The van der Waals surface area contributed by atoms with Gasteiger partial charge in [-0.05, 0) is 44.6 Å². The van der Waals surface area contributed by atoms with Gasteiger partial charge in [-0.15, -0.1) is 0 Å². The minimum Gasteiger partial charge on any atom is -0.295 e. The first-order valence-electron chi connectivity index (χ1n) is 6.90. The van der Waals surface area contributed by atoms with E-state index in [0.29, 0.717) is 18.6 Å². The van der Waals surface area contributed by atoms with Gasteiger partial charge in [0, 0.05) is 12.1 Å². The van der Waals surface area contributed by atoms with Crippen molar-refractivity contribution in [3.63, 3.8) is 0 Å². The van der Waals surface area contributed by atoms with Crippen LogP contribution in [0.1, 0.15) is 19.3 Å². The number of carbonyl (C=O) groups excluding carboxylic acids is 2. The molecule has 0 spiro atoms. The first-order valence-corrected chi connectivity index (χ1v) is 10.3. The maximum Gasteiger partial charge on any atom is 0.244 e. The molecule has 106 valence electrons. The normalized spacial score (nSPS) is 18.4. The smallest absolute Gasteiger partial charge is 0.244 e. The van der Waals surface area contributed by atoms with Crippen molar-refractivity contribution < 1.29 is 9.59 Å². The minimum atomic E-state index is -1.78. The molecule has 20 heavy (non-hydrogen) atoms. The predicted octanol–water partition coefficient (Wildman–Crippen LogP) is 3.01. The van der Waals surface area contributed by atoms with Gasteiger partial charge in [-0.1, -0.05) is 18.2 Å². The van der Waals surface area contributed by atoms with Crippen molar-refractivity contribution in [3.05, 3.63) is 30.3 Å². The van der Waals surface area contributed by atoms with Crippen LogP contribution in [0, 0.1) is 0 Å². The number of rotatable bonds is 3. The van der Waals surface area contributed by atoms with E-state index in [1.54, 1.807) is 0 Å². The van der Waals surface area contributed by atoms with Crippen LogP contribution in [0.4, 0.5) is 5.69 Å². The van der Waals surface area contributed by atoms with Crippen molar-refractivity contribution in [2.75, 3.05) is 4.67 Å². The summed E-state index contributed by atoms with van der Waals surface area (Å²) >= 11 is 0. The number of Topliss-reactive ketones (excluding diaryl/α,β-unsaturated/α-hetero) is 2. The Bertz CT molecular complexity index is 547. The van der Waals surface area contributed by atoms with E-state index in [1.165, 1.54) is 0 Å². The van der Waals surface area contributed by atoms with Gasteiger partial charge in [0.15, 0.2) is 8.24 Å². The Balaban J connectivity index is 2.38. The molecule has 0 aliphatic heterocycles. The van der Waals surface area contributed by atoms with Crippen molar-refractivity contribution in [1.29, 1.82) is 0 Å². The van der Waals surface area contributed by atoms with Crippen LogP contribution in [0.5, 0.6) is 0 Å². The van der Waals surface area contributed by atoms with E-state index >= 15 is 0 Å². The largest absolute Gasteiger partial charge is 0.295 e. The molecule has 1 aromatic rings. The molecular formula is C15H20N2O2Si. The molecule has 4 nitrogen and oxygen atoms in total. The number of ketones is 2. The Morgan fingerprint density at radius 1 is 1.05 bits per heavy atom. The molecule has 1 aromatic carbocycles. The molecule has 0 heterocycles. The summed E-state index contributed by atoms with van der Waals surface area (Å²) in [5.74, 6) is -0.714. The van der Waals surface area contributed by atoms with Gasteiger partial charge < -0.3 is 0 Å². The predicted molar refractivity (Wildman–Crippen MR) is 83.6 cm³/mol. The molecular weight excluding hydrogens is 268 g/mol. The molecule has 0 aromatic heterocycles. The van der Waals surface area contributed by atoms with Gasteiger partial charge in [-0.3, -0.25) is 14.3 Å². The van der Waals surface area contributed by atoms with Crippen molar-refractivity contribution >= 4 is 31.2 Å². The summed E-state index contributed by atoms with van der Waals surface area (Å²) in [6, 6.07) is 9.83. The lowest BCUT2D eigenvalue weighted by molar-refractivity contribution is -0.133. The number of hydrogen-bond donors (Lipinski definition) is 0. The Kier molecular flexibility index (Phi) is 4.18.